The normalized spacial score (nSPS) is 11.4. The van der Waals surface area contributed by atoms with Crippen molar-refractivity contribution < 1.29 is 22.4 Å². The maximum Gasteiger partial charge on any atom is 0.417 e. The van der Waals surface area contributed by atoms with Gasteiger partial charge in [0.15, 0.2) is 0 Å². The second kappa shape index (κ2) is 4.71. The average molecular weight is 273 g/mol. The molecule has 0 spiro atoms. The summed E-state index contributed by atoms with van der Waals surface area (Å²) in [6.07, 6.45) is -3.43. The van der Waals surface area contributed by atoms with E-state index in [1.807, 2.05) is 0 Å². The lowest BCUT2D eigenvalue weighted by atomic mass is 10.1. The monoisotopic (exact) mass is 273 g/mol. The number of benzene rings is 1. The molecular weight excluding hydrogens is 266 g/mol. The molecule has 0 saturated carbocycles. The molecule has 100 valence electrons. The lowest BCUT2D eigenvalue weighted by Gasteiger charge is -2.12. The minimum atomic E-state index is -4.74. The van der Waals surface area contributed by atoms with Crippen molar-refractivity contribution in [3.05, 3.63) is 47.4 Å². The highest BCUT2D eigenvalue weighted by atomic mass is 19.4. The summed E-state index contributed by atoms with van der Waals surface area (Å²) < 4.78 is 51.1. The van der Waals surface area contributed by atoms with E-state index in [0.29, 0.717) is 18.2 Å². The molecule has 2 aromatic rings. The number of alkyl halides is 3. The summed E-state index contributed by atoms with van der Waals surface area (Å²) in [4.78, 5) is 11.7. The molecule has 0 aliphatic carbocycles. The van der Waals surface area contributed by atoms with Crippen LogP contribution in [0.25, 0.3) is 0 Å². The molecule has 2 N–H and O–H groups in total. The summed E-state index contributed by atoms with van der Waals surface area (Å²) >= 11 is 0. The second-order valence-electron chi connectivity index (χ2n) is 3.61. The van der Waals surface area contributed by atoms with Gasteiger partial charge in [0.1, 0.15) is 11.6 Å². The SMILES string of the molecule is O=C(Nc1ccn[nH]1)c1cc(F)ccc1C(F)(F)F. The van der Waals surface area contributed by atoms with Crippen LogP contribution in [0.1, 0.15) is 15.9 Å². The summed E-state index contributed by atoms with van der Waals surface area (Å²) in [5, 5.41) is 8.03. The molecule has 1 heterocycles. The van der Waals surface area contributed by atoms with E-state index < -0.39 is 29.0 Å². The Balaban J connectivity index is 2.37. The van der Waals surface area contributed by atoms with Crippen molar-refractivity contribution in [1.82, 2.24) is 10.2 Å². The molecule has 1 amide bonds. The van der Waals surface area contributed by atoms with Gasteiger partial charge in [-0.2, -0.15) is 18.3 Å². The largest absolute Gasteiger partial charge is 0.417 e. The van der Waals surface area contributed by atoms with Crippen LogP contribution in [-0.4, -0.2) is 16.1 Å². The van der Waals surface area contributed by atoms with Gasteiger partial charge in [-0.3, -0.25) is 9.89 Å². The first-order valence-electron chi connectivity index (χ1n) is 5.05. The first-order chi connectivity index (χ1) is 8.88. The first-order valence-corrected chi connectivity index (χ1v) is 5.05. The number of carbonyl (C=O) groups is 1. The lowest BCUT2D eigenvalue weighted by molar-refractivity contribution is -0.137. The van der Waals surface area contributed by atoms with Crippen molar-refractivity contribution in [2.45, 2.75) is 6.18 Å². The zero-order valence-corrected chi connectivity index (χ0v) is 9.25. The van der Waals surface area contributed by atoms with Crippen LogP contribution < -0.4 is 5.32 Å². The molecule has 1 aromatic carbocycles. The molecule has 0 fully saturated rings. The fraction of sp³-hybridized carbons (Fsp3) is 0.0909. The Labute approximate surface area is 104 Å². The van der Waals surface area contributed by atoms with Gasteiger partial charge in [0.05, 0.1) is 17.3 Å². The number of nitrogens with one attached hydrogen (secondary N) is 2. The topological polar surface area (TPSA) is 57.8 Å². The van der Waals surface area contributed by atoms with Crippen molar-refractivity contribution >= 4 is 11.7 Å². The zero-order valence-electron chi connectivity index (χ0n) is 9.25. The van der Waals surface area contributed by atoms with E-state index in [4.69, 9.17) is 0 Å². The van der Waals surface area contributed by atoms with E-state index in [-0.39, 0.29) is 5.82 Å². The van der Waals surface area contributed by atoms with Gasteiger partial charge in [0.2, 0.25) is 0 Å². The summed E-state index contributed by atoms with van der Waals surface area (Å²) in [5.74, 6) is -1.89. The molecule has 19 heavy (non-hydrogen) atoms. The van der Waals surface area contributed by atoms with E-state index >= 15 is 0 Å². The molecule has 0 unspecified atom stereocenters. The van der Waals surface area contributed by atoms with Crippen LogP contribution in [0.2, 0.25) is 0 Å². The highest BCUT2D eigenvalue weighted by Gasteiger charge is 2.35. The summed E-state index contributed by atoms with van der Waals surface area (Å²) in [6, 6.07) is 3.06. The number of nitrogens with zero attached hydrogens (tertiary/aromatic N) is 1. The van der Waals surface area contributed by atoms with Crippen molar-refractivity contribution in [2.75, 3.05) is 5.32 Å². The number of halogens is 4. The Morgan fingerprint density at radius 1 is 1.26 bits per heavy atom. The number of rotatable bonds is 2. The van der Waals surface area contributed by atoms with Gasteiger partial charge >= 0.3 is 6.18 Å². The highest BCUT2D eigenvalue weighted by molar-refractivity contribution is 6.04. The number of carbonyl (C=O) groups excluding carboxylic acids is 1. The number of amides is 1. The van der Waals surface area contributed by atoms with E-state index in [1.165, 1.54) is 12.3 Å². The van der Waals surface area contributed by atoms with Crippen LogP contribution in [0.3, 0.4) is 0 Å². The first kappa shape index (κ1) is 13.1. The predicted molar refractivity (Wildman–Crippen MR) is 57.9 cm³/mol. The van der Waals surface area contributed by atoms with Gasteiger partial charge in [-0.15, -0.1) is 0 Å². The number of aromatic amines is 1. The van der Waals surface area contributed by atoms with Gasteiger partial charge in [-0.25, -0.2) is 4.39 Å². The van der Waals surface area contributed by atoms with E-state index in [9.17, 15) is 22.4 Å². The van der Waals surface area contributed by atoms with Gasteiger partial charge in [-0.1, -0.05) is 0 Å². The number of aromatic nitrogens is 2. The molecule has 0 aliphatic heterocycles. The third-order valence-electron chi connectivity index (χ3n) is 2.28. The third-order valence-corrected chi connectivity index (χ3v) is 2.28. The van der Waals surface area contributed by atoms with Crippen LogP contribution in [0, 0.1) is 5.82 Å². The van der Waals surface area contributed by atoms with Crippen LogP contribution >= 0.6 is 0 Å². The Morgan fingerprint density at radius 2 is 2.00 bits per heavy atom. The highest BCUT2D eigenvalue weighted by Crippen LogP contribution is 2.32. The van der Waals surface area contributed by atoms with Crippen molar-refractivity contribution in [3.8, 4) is 0 Å². The minimum Gasteiger partial charge on any atom is -0.307 e. The molecule has 0 aliphatic rings. The maximum absolute atomic E-state index is 13.0. The molecule has 0 radical (unpaired) electrons. The number of H-pyrrole nitrogens is 1. The molecule has 0 atom stereocenters. The molecule has 2 rings (SSSR count). The van der Waals surface area contributed by atoms with Crippen molar-refractivity contribution in [1.29, 1.82) is 0 Å². The number of hydrogen-bond acceptors (Lipinski definition) is 2. The fourth-order valence-electron chi connectivity index (χ4n) is 1.47. The van der Waals surface area contributed by atoms with Crippen molar-refractivity contribution in [3.63, 3.8) is 0 Å². The quantitative estimate of drug-likeness (QED) is 0.826. The van der Waals surface area contributed by atoms with Gasteiger partial charge in [-0.05, 0) is 18.2 Å². The van der Waals surface area contributed by atoms with E-state index in [0.717, 1.165) is 0 Å². The summed E-state index contributed by atoms with van der Waals surface area (Å²) in [6.45, 7) is 0. The van der Waals surface area contributed by atoms with E-state index in [1.54, 1.807) is 0 Å². The fourth-order valence-corrected chi connectivity index (χ4v) is 1.47. The summed E-state index contributed by atoms with van der Waals surface area (Å²) in [5.41, 5.74) is -1.99. The smallest absolute Gasteiger partial charge is 0.307 e. The molecule has 1 aromatic heterocycles. The minimum absolute atomic E-state index is 0.113. The molecule has 4 nitrogen and oxygen atoms in total. The zero-order chi connectivity index (χ0) is 14.0. The third kappa shape index (κ3) is 2.90. The Bertz CT molecular complexity index is 592. The van der Waals surface area contributed by atoms with Crippen LogP contribution in [-0.2, 0) is 6.18 Å². The van der Waals surface area contributed by atoms with Gasteiger partial charge in [0.25, 0.3) is 5.91 Å². The van der Waals surface area contributed by atoms with Gasteiger partial charge in [0, 0.05) is 6.07 Å². The van der Waals surface area contributed by atoms with Crippen LogP contribution in [0.5, 0.6) is 0 Å². The van der Waals surface area contributed by atoms with Gasteiger partial charge < -0.3 is 5.32 Å². The molecule has 8 heteroatoms. The molecule has 0 saturated heterocycles. The summed E-state index contributed by atoms with van der Waals surface area (Å²) in [7, 11) is 0. The standard InChI is InChI=1S/C11H7F4N3O/c12-6-1-2-8(11(13,14)15)7(5-6)10(19)17-9-3-4-16-18-9/h1-5H,(H2,16,17,18,19). The Hall–Kier alpha value is -2.38. The maximum atomic E-state index is 13.0. The van der Waals surface area contributed by atoms with Crippen molar-refractivity contribution in [2.24, 2.45) is 0 Å². The van der Waals surface area contributed by atoms with E-state index in [2.05, 4.69) is 15.5 Å². The molecule has 0 bridgehead atoms. The van der Waals surface area contributed by atoms with Crippen LogP contribution in [0.15, 0.2) is 30.5 Å². The average Bonchev–Trinajstić information content (AvgIpc) is 2.80. The van der Waals surface area contributed by atoms with Crippen LogP contribution in [0.4, 0.5) is 23.4 Å². The number of hydrogen-bond donors (Lipinski definition) is 2. The molecular formula is C11H7F4N3O. The Kier molecular flexibility index (Phi) is 3.24. The second-order valence-corrected chi connectivity index (χ2v) is 3.61. The number of anilines is 1. The Morgan fingerprint density at radius 3 is 2.58 bits per heavy atom. The predicted octanol–water partition coefficient (Wildman–Crippen LogP) is 2.82. The lowest BCUT2D eigenvalue weighted by Crippen LogP contribution is -2.19.